The van der Waals surface area contributed by atoms with E-state index in [1.165, 1.54) is 11.3 Å². The van der Waals surface area contributed by atoms with Gasteiger partial charge in [0.25, 0.3) is 5.91 Å². The van der Waals surface area contributed by atoms with Crippen molar-refractivity contribution in [3.05, 3.63) is 73.6 Å². The number of benzene rings is 2. The second-order valence-electron chi connectivity index (χ2n) is 5.62. The number of ether oxygens (including phenoxy) is 1. The Hall–Kier alpha value is -1.89. The number of thiazole rings is 1. The lowest BCUT2D eigenvalue weighted by Crippen LogP contribution is -2.30. The lowest BCUT2D eigenvalue weighted by Gasteiger charge is -2.25. The van der Waals surface area contributed by atoms with E-state index in [0.29, 0.717) is 26.0 Å². The summed E-state index contributed by atoms with van der Waals surface area (Å²) in [6, 6.07) is 13.2. The van der Waals surface area contributed by atoms with Crippen LogP contribution in [0.2, 0.25) is 5.02 Å². The van der Waals surface area contributed by atoms with Crippen LogP contribution < -0.4 is 9.64 Å². The van der Waals surface area contributed by atoms with Gasteiger partial charge in [0.15, 0.2) is 3.92 Å². The van der Waals surface area contributed by atoms with Crippen molar-refractivity contribution in [3.63, 3.8) is 0 Å². The molecule has 0 aliphatic rings. The summed E-state index contributed by atoms with van der Waals surface area (Å²) in [6.45, 7) is 2.33. The minimum atomic E-state index is -0.139. The fraction of sp³-hybridized carbons (Fsp3) is 0.158. The maximum Gasteiger partial charge on any atom is 0.270 e. The van der Waals surface area contributed by atoms with Crippen molar-refractivity contribution in [2.75, 3.05) is 12.0 Å². The predicted octanol–water partition coefficient (Wildman–Crippen LogP) is 5.72. The van der Waals surface area contributed by atoms with Crippen LogP contribution in [-0.2, 0) is 6.54 Å². The van der Waals surface area contributed by atoms with Gasteiger partial charge in [-0.15, -0.1) is 11.3 Å². The lowest BCUT2D eigenvalue weighted by molar-refractivity contribution is 0.0988. The van der Waals surface area contributed by atoms with E-state index < -0.39 is 0 Å². The Balaban J connectivity index is 2.02. The molecule has 134 valence electrons. The number of rotatable bonds is 5. The van der Waals surface area contributed by atoms with Crippen LogP contribution >= 0.6 is 38.9 Å². The van der Waals surface area contributed by atoms with Gasteiger partial charge in [-0.25, -0.2) is 4.98 Å². The van der Waals surface area contributed by atoms with Gasteiger partial charge in [0, 0.05) is 0 Å². The molecule has 0 saturated carbocycles. The molecule has 1 heterocycles. The molecule has 7 heteroatoms. The van der Waals surface area contributed by atoms with Gasteiger partial charge in [-0.3, -0.25) is 4.79 Å². The van der Waals surface area contributed by atoms with E-state index >= 15 is 0 Å². The number of aromatic nitrogens is 1. The van der Waals surface area contributed by atoms with Crippen molar-refractivity contribution in [1.29, 1.82) is 0 Å². The molecule has 0 unspecified atom stereocenters. The van der Waals surface area contributed by atoms with Crippen LogP contribution in [0.15, 0.2) is 52.6 Å². The zero-order chi connectivity index (χ0) is 18.7. The first-order valence-corrected chi connectivity index (χ1v) is 9.79. The Bertz CT molecular complexity index is 907. The molecule has 0 atom stereocenters. The van der Waals surface area contributed by atoms with Crippen LogP contribution in [0.1, 0.15) is 20.8 Å². The second-order valence-corrected chi connectivity index (χ2v) is 8.34. The summed E-state index contributed by atoms with van der Waals surface area (Å²) in [5, 5.41) is 0.537. The van der Waals surface area contributed by atoms with Gasteiger partial charge in [0.1, 0.15) is 10.6 Å². The maximum atomic E-state index is 13.2. The number of methoxy groups -OCH3 is 1. The minimum Gasteiger partial charge on any atom is -0.497 e. The van der Waals surface area contributed by atoms with Crippen LogP contribution in [0.25, 0.3) is 0 Å². The lowest BCUT2D eigenvalue weighted by atomic mass is 10.1. The fourth-order valence-corrected chi connectivity index (χ4v) is 4.15. The Labute approximate surface area is 169 Å². The van der Waals surface area contributed by atoms with E-state index in [1.807, 2.05) is 43.3 Å². The van der Waals surface area contributed by atoms with Gasteiger partial charge in [0.05, 0.1) is 30.6 Å². The third-order valence-corrected chi connectivity index (χ3v) is 5.66. The molecule has 3 rings (SSSR count). The summed E-state index contributed by atoms with van der Waals surface area (Å²) in [6.07, 6.45) is 1.57. The first-order chi connectivity index (χ1) is 12.5. The number of carbonyl (C=O) groups excluding carboxylic acids is 1. The molecule has 3 aromatic rings. The first-order valence-electron chi connectivity index (χ1n) is 7.81. The van der Waals surface area contributed by atoms with Gasteiger partial charge in [-0.2, -0.15) is 0 Å². The van der Waals surface area contributed by atoms with Crippen LogP contribution in [0.3, 0.4) is 0 Å². The van der Waals surface area contributed by atoms with Crippen molar-refractivity contribution < 1.29 is 9.53 Å². The fourth-order valence-electron chi connectivity index (χ4n) is 2.62. The van der Waals surface area contributed by atoms with Crippen molar-refractivity contribution in [2.45, 2.75) is 13.5 Å². The quantitative estimate of drug-likeness (QED) is 0.498. The monoisotopic (exact) mass is 450 g/mol. The zero-order valence-corrected chi connectivity index (χ0v) is 17.4. The maximum absolute atomic E-state index is 13.2. The highest BCUT2D eigenvalue weighted by Gasteiger charge is 2.23. The number of halogens is 2. The van der Waals surface area contributed by atoms with Gasteiger partial charge in [-0.1, -0.05) is 35.9 Å². The molecule has 0 bridgehead atoms. The average Bonchev–Trinajstić information content (AvgIpc) is 3.07. The Morgan fingerprint density at radius 2 is 2.00 bits per heavy atom. The number of hydrogen-bond acceptors (Lipinski definition) is 4. The van der Waals surface area contributed by atoms with Gasteiger partial charge in [-0.05, 0) is 52.2 Å². The number of amides is 1. The normalized spacial score (nSPS) is 10.6. The summed E-state index contributed by atoms with van der Waals surface area (Å²) in [4.78, 5) is 19.5. The third kappa shape index (κ3) is 4.09. The van der Waals surface area contributed by atoms with Crippen LogP contribution in [-0.4, -0.2) is 18.0 Å². The highest BCUT2D eigenvalue weighted by Crippen LogP contribution is 2.33. The topological polar surface area (TPSA) is 42.4 Å². The molecule has 0 aliphatic heterocycles. The molecule has 1 amide bonds. The predicted molar refractivity (Wildman–Crippen MR) is 110 cm³/mol. The third-order valence-electron chi connectivity index (χ3n) is 3.89. The molecule has 2 aromatic carbocycles. The number of para-hydroxylation sites is 1. The highest BCUT2D eigenvalue weighted by molar-refractivity contribution is 9.11. The van der Waals surface area contributed by atoms with E-state index in [4.69, 9.17) is 16.3 Å². The van der Waals surface area contributed by atoms with Crippen molar-refractivity contribution in [1.82, 2.24) is 4.98 Å². The van der Waals surface area contributed by atoms with Gasteiger partial charge < -0.3 is 9.64 Å². The largest absolute Gasteiger partial charge is 0.497 e. The van der Waals surface area contributed by atoms with E-state index in [1.54, 1.807) is 24.3 Å². The first kappa shape index (κ1) is 18.9. The molecule has 0 saturated heterocycles. The van der Waals surface area contributed by atoms with Crippen molar-refractivity contribution in [3.8, 4) is 5.75 Å². The highest BCUT2D eigenvalue weighted by atomic mass is 79.9. The molecule has 26 heavy (non-hydrogen) atoms. The Morgan fingerprint density at radius 1 is 1.27 bits per heavy atom. The molecule has 0 spiro atoms. The zero-order valence-electron chi connectivity index (χ0n) is 14.2. The van der Waals surface area contributed by atoms with Crippen LogP contribution in [0.4, 0.5) is 5.69 Å². The van der Waals surface area contributed by atoms with E-state index in [9.17, 15) is 4.79 Å². The second kappa shape index (κ2) is 8.20. The number of aryl methyl sites for hydroxylation is 1. The molecule has 0 radical (unpaired) electrons. The van der Waals surface area contributed by atoms with E-state index in [0.717, 1.165) is 16.9 Å². The molecule has 4 nitrogen and oxygen atoms in total. The van der Waals surface area contributed by atoms with E-state index in [-0.39, 0.29) is 5.91 Å². The summed E-state index contributed by atoms with van der Waals surface area (Å²) < 4.78 is 5.87. The number of nitrogens with zero attached hydrogens (tertiary/aromatic N) is 2. The molecule has 1 aromatic heterocycles. The van der Waals surface area contributed by atoms with Gasteiger partial charge in [0.2, 0.25) is 0 Å². The smallest absolute Gasteiger partial charge is 0.270 e. The molecule has 0 fully saturated rings. The summed E-state index contributed by atoms with van der Waals surface area (Å²) >= 11 is 11.1. The average molecular weight is 452 g/mol. The molecular weight excluding hydrogens is 436 g/mol. The SMILES string of the molecule is COc1ccc(CN(C(=O)c2cnc(Br)s2)c2c(C)cccc2Cl)cc1. The molecule has 0 N–H and O–H groups in total. The molecular formula is C19H16BrClN2O2S. The van der Waals surface area contributed by atoms with Crippen molar-refractivity contribution >= 4 is 50.5 Å². The Morgan fingerprint density at radius 3 is 2.58 bits per heavy atom. The summed E-state index contributed by atoms with van der Waals surface area (Å²) in [7, 11) is 1.62. The number of hydrogen-bond donors (Lipinski definition) is 0. The van der Waals surface area contributed by atoms with Crippen LogP contribution in [0.5, 0.6) is 5.75 Å². The molecule has 0 aliphatic carbocycles. The summed E-state index contributed by atoms with van der Waals surface area (Å²) in [5.41, 5.74) is 2.62. The van der Waals surface area contributed by atoms with Crippen LogP contribution in [0, 0.1) is 6.92 Å². The standard InChI is InChI=1S/C19H16BrClN2O2S/c1-12-4-3-5-15(21)17(12)23(18(24)16-10-22-19(20)26-16)11-13-6-8-14(25-2)9-7-13/h3-10H,11H2,1-2H3. The van der Waals surface area contributed by atoms with Gasteiger partial charge >= 0.3 is 0 Å². The van der Waals surface area contributed by atoms with E-state index in [2.05, 4.69) is 20.9 Å². The number of carbonyl (C=O) groups is 1. The Kier molecular flexibility index (Phi) is 5.96. The summed E-state index contributed by atoms with van der Waals surface area (Å²) in [5.74, 6) is 0.632. The minimum absolute atomic E-state index is 0.139. The van der Waals surface area contributed by atoms with Crippen molar-refractivity contribution in [2.24, 2.45) is 0 Å². The number of anilines is 1.